The first-order valence-electron chi connectivity index (χ1n) is 13.1. The predicted octanol–water partition coefficient (Wildman–Crippen LogP) is 7.68. The third-order valence-electron chi connectivity index (χ3n) is 8.09. The summed E-state index contributed by atoms with van der Waals surface area (Å²) < 4.78 is 2.47. The Balaban J connectivity index is 1.38. The molecular formula is C36H25N. The van der Waals surface area contributed by atoms with Crippen LogP contribution in [0.4, 0.5) is 0 Å². The zero-order valence-electron chi connectivity index (χ0n) is 20.4. The molecule has 1 atom stereocenters. The van der Waals surface area contributed by atoms with Gasteiger partial charge in [0.1, 0.15) is 0 Å². The molecule has 0 N–H and O–H groups in total. The zero-order chi connectivity index (χ0) is 24.3. The van der Waals surface area contributed by atoms with Crippen LogP contribution in [0.1, 0.15) is 6.42 Å². The van der Waals surface area contributed by atoms with E-state index in [1.807, 2.05) is 0 Å². The standard InChI is InChI=1S/C36H25N/c1-2-10-28-23-29(14-13-24(28)7-1)25-15-19-30(20-16-25)37-33-21-17-26-8-3-5-11-31(26)35(33)36-32-12-6-4-9-27(32)18-22-34(36)37/h1-17,19-23,27H,18H2. The molecule has 0 bridgehead atoms. The summed E-state index contributed by atoms with van der Waals surface area (Å²) in [4.78, 5) is 0. The van der Waals surface area contributed by atoms with Gasteiger partial charge in [-0.05, 0) is 68.9 Å². The van der Waals surface area contributed by atoms with E-state index in [1.54, 1.807) is 0 Å². The lowest BCUT2D eigenvalue weighted by atomic mass is 9.86. The molecule has 2 aliphatic carbocycles. The number of benzene rings is 5. The van der Waals surface area contributed by atoms with E-state index in [1.165, 1.54) is 65.4 Å². The monoisotopic (exact) mass is 471 g/mol. The molecule has 0 saturated carbocycles. The van der Waals surface area contributed by atoms with Crippen LogP contribution in [0.15, 0.2) is 127 Å². The zero-order valence-corrected chi connectivity index (χ0v) is 20.4. The van der Waals surface area contributed by atoms with Gasteiger partial charge in [0.05, 0.1) is 10.9 Å². The minimum absolute atomic E-state index is 0.450. The van der Waals surface area contributed by atoms with Crippen LogP contribution in [0.25, 0.3) is 60.9 Å². The molecule has 1 aromatic heterocycles. The van der Waals surface area contributed by atoms with Crippen molar-refractivity contribution in [1.29, 1.82) is 0 Å². The van der Waals surface area contributed by atoms with Gasteiger partial charge in [-0.25, -0.2) is 0 Å². The lowest BCUT2D eigenvalue weighted by Crippen LogP contribution is -2.35. The van der Waals surface area contributed by atoms with Gasteiger partial charge in [-0.1, -0.05) is 109 Å². The Bertz CT molecular complexity index is 2050. The fourth-order valence-electron chi connectivity index (χ4n) is 6.31. The number of allylic oxidation sites excluding steroid dienone is 4. The Morgan fingerprint density at radius 2 is 1.41 bits per heavy atom. The molecule has 1 unspecified atom stereocenters. The third kappa shape index (κ3) is 3.11. The summed E-state index contributed by atoms with van der Waals surface area (Å²) >= 11 is 0. The summed E-state index contributed by atoms with van der Waals surface area (Å²) in [5.74, 6) is 0.450. The minimum Gasteiger partial charge on any atom is -0.310 e. The van der Waals surface area contributed by atoms with Crippen molar-refractivity contribution in [3.05, 3.63) is 138 Å². The van der Waals surface area contributed by atoms with Gasteiger partial charge >= 0.3 is 0 Å². The molecule has 37 heavy (non-hydrogen) atoms. The van der Waals surface area contributed by atoms with Crippen molar-refractivity contribution >= 4 is 44.1 Å². The van der Waals surface area contributed by atoms with Crippen molar-refractivity contribution in [1.82, 2.24) is 4.57 Å². The van der Waals surface area contributed by atoms with E-state index in [2.05, 4.69) is 138 Å². The maximum absolute atomic E-state index is 2.47. The van der Waals surface area contributed by atoms with E-state index in [4.69, 9.17) is 0 Å². The van der Waals surface area contributed by atoms with Crippen molar-refractivity contribution in [2.24, 2.45) is 5.92 Å². The Morgan fingerprint density at radius 1 is 0.649 bits per heavy atom. The Hall–Kier alpha value is -4.62. The average Bonchev–Trinajstić information content (AvgIpc) is 3.32. The fourth-order valence-corrected chi connectivity index (χ4v) is 6.31. The lowest BCUT2D eigenvalue weighted by Gasteiger charge is -2.18. The summed E-state index contributed by atoms with van der Waals surface area (Å²) in [7, 11) is 0. The number of hydrogen-bond donors (Lipinski definition) is 0. The molecule has 0 aliphatic heterocycles. The molecule has 174 valence electrons. The van der Waals surface area contributed by atoms with Crippen LogP contribution in [0.3, 0.4) is 0 Å². The normalized spacial score (nSPS) is 16.2. The van der Waals surface area contributed by atoms with E-state index in [0.717, 1.165) is 6.42 Å². The molecule has 0 saturated heterocycles. The predicted molar refractivity (Wildman–Crippen MR) is 157 cm³/mol. The number of fused-ring (bicyclic) bond motifs is 7. The van der Waals surface area contributed by atoms with Crippen molar-refractivity contribution in [2.75, 3.05) is 0 Å². The van der Waals surface area contributed by atoms with Gasteiger partial charge in [0.25, 0.3) is 0 Å². The van der Waals surface area contributed by atoms with Gasteiger partial charge in [-0.2, -0.15) is 0 Å². The van der Waals surface area contributed by atoms with Gasteiger partial charge in [-0.3, -0.25) is 0 Å². The minimum atomic E-state index is 0.450. The second kappa shape index (κ2) is 7.94. The molecule has 1 heteroatoms. The van der Waals surface area contributed by atoms with Crippen LogP contribution in [0, 0.1) is 5.92 Å². The molecule has 6 aromatic rings. The van der Waals surface area contributed by atoms with Crippen LogP contribution in [0.5, 0.6) is 0 Å². The summed E-state index contributed by atoms with van der Waals surface area (Å²) in [6.07, 6.45) is 12.5. The van der Waals surface area contributed by atoms with Crippen LogP contribution in [0.2, 0.25) is 0 Å². The first-order chi connectivity index (χ1) is 18.3. The number of aromatic nitrogens is 1. The van der Waals surface area contributed by atoms with Crippen LogP contribution in [-0.4, -0.2) is 4.57 Å². The van der Waals surface area contributed by atoms with Crippen molar-refractivity contribution in [3.8, 4) is 16.8 Å². The molecular weight excluding hydrogens is 446 g/mol. The fraction of sp³-hybridized carbons (Fsp3) is 0.0556. The highest BCUT2D eigenvalue weighted by molar-refractivity contribution is 6.08. The summed E-state index contributed by atoms with van der Waals surface area (Å²) in [5, 5.41) is 9.24. The highest BCUT2D eigenvalue weighted by Gasteiger charge is 2.21. The van der Waals surface area contributed by atoms with Gasteiger partial charge in [0.15, 0.2) is 0 Å². The third-order valence-corrected chi connectivity index (χ3v) is 8.09. The van der Waals surface area contributed by atoms with Crippen LogP contribution >= 0.6 is 0 Å². The Labute approximate surface area is 215 Å². The summed E-state index contributed by atoms with van der Waals surface area (Å²) in [6.45, 7) is 0. The molecule has 0 amide bonds. The maximum Gasteiger partial charge on any atom is 0.0547 e. The second-order valence-corrected chi connectivity index (χ2v) is 10.1. The Morgan fingerprint density at radius 3 is 2.30 bits per heavy atom. The van der Waals surface area contributed by atoms with Crippen LogP contribution in [-0.2, 0) is 0 Å². The van der Waals surface area contributed by atoms with Crippen molar-refractivity contribution in [2.45, 2.75) is 6.42 Å². The Kier molecular flexibility index (Phi) is 4.41. The number of hydrogen-bond acceptors (Lipinski definition) is 0. The van der Waals surface area contributed by atoms with Crippen molar-refractivity contribution in [3.63, 3.8) is 0 Å². The summed E-state index contributed by atoms with van der Waals surface area (Å²) in [5.41, 5.74) is 6.41. The molecule has 5 aromatic carbocycles. The lowest BCUT2D eigenvalue weighted by molar-refractivity contribution is 0.854. The maximum atomic E-state index is 2.47. The molecule has 2 aliphatic rings. The van der Waals surface area contributed by atoms with Crippen molar-refractivity contribution < 1.29 is 0 Å². The van der Waals surface area contributed by atoms with E-state index in [9.17, 15) is 0 Å². The molecule has 1 heterocycles. The quantitative estimate of drug-likeness (QED) is 0.244. The van der Waals surface area contributed by atoms with Gasteiger partial charge in [0, 0.05) is 22.2 Å². The van der Waals surface area contributed by atoms with E-state index in [-0.39, 0.29) is 0 Å². The van der Waals surface area contributed by atoms with Gasteiger partial charge in [0.2, 0.25) is 0 Å². The molecule has 8 rings (SSSR count). The second-order valence-electron chi connectivity index (χ2n) is 10.1. The van der Waals surface area contributed by atoms with E-state index in [0.29, 0.717) is 5.92 Å². The number of rotatable bonds is 2. The molecule has 1 nitrogen and oxygen atoms in total. The highest BCUT2D eigenvalue weighted by Crippen LogP contribution is 2.31. The van der Waals surface area contributed by atoms with Crippen LogP contribution < -0.4 is 10.6 Å². The van der Waals surface area contributed by atoms with E-state index >= 15 is 0 Å². The van der Waals surface area contributed by atoms with Gasteiger partial charge in [-0.15, -0.1) is 0 Å². The molecule has 0 fully saturated rings. The SMILES string of the molecule is C1=CC2=c3c(n(-c4ccc(-c5ccc6ccccc6c5)cc4)c4ccc5ccccc5c34)=CCC2C=C1. The number of nitrogens with zero attached hydrogens (tertiary/aromatic N) is 1. The summed E-state index contributed by atoms with van der Waals surface area (Å²) in [6, 6.07) is 37.7. The average molecular weight is 472 g/mol. The largest absolute Gasteiger partial charge is 0.310 e. The molecule has 0 spiro atoms. The topological polar surface area (TPSA) is 4.93 Å². The van der Waals surface area contributed by atoms with Gasteiger partial charge < -0.3 is 4.57 Å². The smallest absolute Gasteiger partial charge is 0.0547 e. The first kappa shape index (κ1) is 20.6. The molecule has 0 radical (unpaired) electrons. The highest BCUT2D eigenvalue weighted by atomic mass is 15.0. The first-order valence-corrected chi connectivity index (χ1v) is 13.1. The van der Waals surface area contributed by atoms with E-state index < -0.39 is 0 Å².